The standard InChI is InChI=1S/C15H19N3O/c1-16-15(13-9-10-17-18-11-13)8-5-12-3-6-14(19-2)7-4-12/h3-4,6-7,9-11,15-16H,5,8H2,1-2H3. The van der Waals surface area contributed by atoms with E-state index in [9.17, 15) is 0 Å². The van der Waals surface area contributed by atoms with Crippen molar-refractivity contribution in [3.05, 3.63) is 53.9 Å². The van der Waals surface area contributed by atoms with E-state index in [2.05, 4.69) is 27.6 Å². The largest absolute Gasteiger partial charge is 0.497 e. The van der Waals surface area contributed by atoms with Crippen LogP contribution < -0.4 is 10.1 Å². The van der Waals surface area contributed by atoms with Crippen LogP contribution in [0.3, 0.4) is 0 Å². The fourth-order valence-electron chi connectivity index (χ4n) is 2.09. The number of methoxy groups -OCH3 is 1. The van der Waals surface area contributed by atoms with Crippen molar-refractivity contribution in [1.82, 2.24) is 15.5 Å². The van der Waals surface area contributed by atoms with Crippen LogP contribution in [0.2, 0.25) is 0 Å². The van der Waals surface area contributed by atoms with Gasteiger partial charge in [-0.1, -0.05) is 12.1 Å². The van der Waals surface area contributed by atoms with E-state index in [0.717, 1.165) is 18.6 Å². The second-order valence-electron chi connectivity index (χ2n) is 4.40. The molecular weight excluding hydrogens is 238 g/mol. The molecule has 0 saturated heterocycles. The van der Waals surface area contributed by atoms with Gasteiger partial charge in [-0.15, -0.1) is 0 Å². The molecule has 1 N–H and O–H groups in total. The molecule has 2 aromatic rings. The zero-order chi connectivity index (χ0) is 13.5. The van der Waals surface area contributed by atoms with Gasteiger partial charge in [0.1, 0.15) is 5.75 Å². The fraction of sp³-hybridized carbons (Fsp3) is 0.333. The number of ether oxygens (including phenoxy) is 1. The van der Waals surface area contributed by atoms with E-state index in [-0.39, 0.29) is 0 Å². The van der Waals surface area contributed by atoms with Crippen LogP contribution in [-0.4, -0.2) is 24.4 Å². The van der Waals surface area contributed by atoms with Crippen molar-refractivity contribution in [3.63, 3.8) is 0 Å². The molecule has 19 heavy (non-hydrogen) atoms. The van der Waals surface area contributed by atoms with Gasteiger partial charge < -0.3 is 10.1 Å². The molecular formula is C15H19N3O. The van der Waals surface area contributed by atoms with Gasteiger partial charge in [0.25, 0.3) is 0 Å². The summed E-state index contributed by atoms with van der Waals surface area (Å²) in [5.41, 5.74) is 2.48. The Morgan fingerprint density at radius 2 is 1.95 bits per heavy atom. The van der Waals surface area contributed by atoms with Gasteiger partial charge in [-0.3, -0.25) is 0 Å². The number of aromatic nitrogens is 2. The van der Waals surface area contributed by atoms with Gasteiger partial charge in [-0.2, -0.15) is 10.2 Å². The zero-order valence-corrected chi connectivity index (χ0v) is 11.3. The van der Waals surface area contributed by atoms with Crippen molar-refractivity contribution in [2.75, 3.05) is 14.2 Å². The van der Waals surface area contributed by atoms with Crippen molar-refractivity contribution >= 4 is 0 Å². The molecule has 4 heteroatoms. The molecule has 1 aromatic carbocycles. The van der Waals surface area contributed by atoms with Crippen molar-refractivity contribution < 1.29 is 4.74 Å². The molecule has 2 rings (SSSR count). The summed E-state index contributed by atoms with van der Waals surface area (Å²) < 4.78 is 5.16. The molecule has 0 amide bonds. The first kappa shape index (κ1) is 13.5. The molecule has 1 heterocycles. The molecule has 1 aromatic heterocycles. The van der Waals surface area contributed by atoms with Crippen LogP contribution in [0.15, 0.2) is 42.7 Å². The highest BCUT2D eigenvalue weighted by Crippen LogP contribution is 2.19. The molecule has 1 atom stereocenters. The lowest BCUT2D eigenvalue weighted by Gasteiger charge is -2.15. The molecule has 0 aliphatic carbocycles. The van der Waals surface area contributed by atoms with Gasteiger partial charge in [0.05, 0.1) is 13.3 Å². The Morgan fingerprint density at radius 1 is 1.16 bits per heavy atom. The Labute approximate surface area is 113 Å². The van der Waals surface area contributed by atoms with Crippen LogP contribution >= 0.6 is 0 Å². The Balaban J connectivity index is 1.96. The minimum atomic E-state index is 0.303. The minimum Gasteiger partial charge on any atom is -0.497 e. The Morgan fingerprint density at radius 3 is 2.53 bits per heavy atom. The smallest absolute Gasteiger partial charge is 0.118 e. The predicted octanol–water partition coefficient (Wildman–Crippen LogP) is 2.38. The second-order valence-corrected chi connectivity index (χ2v) is 4.40. The molecule has 0 aliphatic heterocycles. The topological polar surface area (TPSA) is 47.0 Å². The Kier molecular flexibility index (Phi) is 4.86. The fourth-order valence-corrected chi connectivity index (χ4v) is 2.09. The molecule has 0 spiro atoms. The van der Waals surface area contributed by atoms with E-state index in [1.54, 1.807) is 13.3 Å². The Hall–Kier alpha value is -1.94. The zero-order valence-electron chi connectivity index (χ0n) is 11.3. The molecule has 0 aliphatic rings. The number of aryl methyl sites for hydroxylation is 1. The molecule has 100 valence electrons. The third kappa shape index (κ3) is 3.76. The van der Waals surface area contributed by atoms with Crippen LogP contribution in [0.4, 0.5) is 0 Å². The van der Waals surface area contributed by atoms with Gasteiger partial charge in [0.2, 0.25) is 0 Å². The van der Waals surface area contributed by atoms with E-state index in [1.165, 1.54) is 11.1 Å². The number of nitrogens with one attached hydrogen (secondary N) is 1. The molecule has 0 saturated carbocycles. The molecule has 1 unspecified atom stereocenters. The lowest BCUT2D eigenvalue weighted by atomic mass is 10.0. The van der Waals surface area contributed by atoms with Crippen molar-refractivity contribution in [2.45, 2.75) is 18.9 Å². The highest BCUT2D eigenvalue weighted by Gasteiger charge is 2.09. The van der Waals surface area contributed by atoms with E-state index in [0.29, 0.717) is 6.04 Å². The predicted molar refractivity (Wildman–Crippen MR) is 75.1 cm³/mol. The summed E-state index contributed by atoms with van der Waals surface area (Å²) in [6, 6.07) is 10.5. The van der Waals surface area contributed by atoms with Crippen molar-refractivity contribution in [3.8, 4) is 5.75 Å². The first-order valence-electron chi connectivity index (χ1n) is 6.40. The third-order valence-electron chi connectivity index (χ3n) is 3.24. The number of rotatable bonds is 6. The lowest BCUT2D eigenvalue weighted by molar-refractivity contribution is 0.414. The first-order valence-corrected chi connectivity index (χ1v) is 6.40. The van der Waals surface area contributed by atoms with Gasteiger partial charge >= 0.3 is 0 Å². The average Bonchev–Trinajstić information content (AvgIpc) is 2.49. The van der Waals surface area contributed by atoms with Gasteiger partial charge in [-0.05, 0) is 49.2 Å². The normalized spacial score (nSPS) is 12.1. The molecule has 4 nitrogen and oxygen atoms in total. The third-order valence-corrected chi connectivity index (χ3v) is 3.24. The molecule has 0 radical (unpaired) electrons. The van der Waals surface area contributed by atoms with Crippen molar-refractivity contribution in [1.29, 1.82) is 0 Å². The van der Waals surface area contributed by atoms with Gasteiger partial charge in [0.15, 0.2) is 0 Å². The van der Waals surface area contributed by atoms with Gasteiger partial charge in [-0.25, -0.2) is 0 Å². The highest BCUT2D eigenvalue weighted by molar-refractivity contribution is 5.27. The van der Waals surface area contributed by atoms with Gasteiger partial charge in [0, 0.05) is 12.2 Å². The average molecular weight is 257 g/mol. The quantitative estimate of drug-likeness (QED) is 0.863. The van der Waals surface area contributed by atoms with Crippen LogP contribution in [0, 0.1) is 0 Å². The Bertz CT molecular complexity index is 485. The summed E-state index contributed by atoms with van der Waals surface area (Å²) >= 11 is 0. The maximum Gasteiger partial charge on any atom is 0.118 e. The molecule has 0 bridgehead atoms. The second kappa shape index (κ2) is 6.85. The summed E-state index contributed by atoms with van der Waals surface area (Å²) in [7, 11) is 3.65. The summed E-state index contributed by atoms with van der Waals surface area (Å²) in [6.07, 6.45) is 5.58. The summed E-state index contributed by atoms with van der Waals surface area (Å²) in [5, 5.41) is 11.1. The molecule has 0 fully saturated rings. The van der Waals surface area contributed by atoms with E-state index >= 15 is 0 Å². The minimum absolute atomic E-state index is 0.303. The SMILES string of the molecule is CNC(CCc1ccc(OC)cc1)c1ccnnc1. The lowest BCUT2D eigenvalue weighted by Crippen LogP contribution is -2.17. The number of hydrogen-bond acceptors (Lipinski definition) is 4. The van der Waals surface area contributed by atoms with Crippen molar-refractivity contribution in [2.24, 2.45) is 0 Å². The summed E-state index contributed by atoms with van der Waals surface area (Å²) in [6.45, 7) is 0. The van der Waals surface area contributed by atoms with Crippen LogP contribution in [0.5, 0.6) is 5.75 Å². The summed E-state index contributed by atoms with van der Waals surface area (Å²) in [4.78, 5) is 0. The van der Waals surface area contributed by atoms with E-state index in [1.807, 2.05) is 31.4 Å². The monoisotopic (exact) mass is 257 g/mol. The highest BCUT2D eigenvalue weighted by atomic mass is 16.5. The first-order chi connectivity index (χ1) is 9.33. The van der Waals surface area contributed by atoms with E-state index < -0.39 is 0 Å². The number of hydrogen-bond donors (Lipinski definition) is 1. The maximum absolute atomic E-state index is 5.16. The van der Waals surface area contributed by atoms with Crippen LogP contribution in [0.1, 0.15) is 23.6 Å². The maximum atomic E-state index is 5.16. The van der Waals surface area contributed by atoms with E-state index in [4.69, 9.17) is 4.74 Å². The van der Waals surface area contributed by atoms with Crippen LogP contribution in [-0.2, 0) is 6.42 Å². The van der Waals surface area contributed by atoms with Crippen LogP contribution in [0.25, 0.3) is 0 Å². The number of benzene rings is 1. The number of nitrogens with zero attached hydrogens (tertiary/aromatic N) is 2. The summed E-state index contributed by atoms with van der Waals surface area (Å²) in [5.74, 6) is 0.896.